The molecule has 0 aliphatic carbocycles. The molecular formula is C16H18N2O2. The SMILES string of the molecule is CCOc1ccccc1C(=O)Nc1ccc(C)c(N)c1. The van der Waals surface area contributed by atoms with Gasteiger partial charge in [0.05, 0.1) is 12.2 Å². The lowest BCUT2D eigenvalue weighted by atomic mass is 10.1. The second-order valence-electron chi connectivity index (χ2n) is 4.45. The highest BCUT2D eigenvalue weighted by molar-refractivity contribution is 6.06. The highest BCUT2D eigenvalue weighted by Gasteiger charge is 2.12. The molecule has 3 N–H and O–H groups in total. The van der Waals surface area contributed by atoms with Crippen molar-refractivity contribution < 1.29 is 9.53 Å². The molecule has 0 saturated carbocycles. The standard InChI is InChI=1S/C16H18N2O2/c1-3-20-15-7-5-4-6-13(15)16(19)18-12-9-8-11(2)14(17)10-12/h4-10H,3,17H2,1-2H3,(H,18,19). The predicted molar refractivity (Wildman–Crippen MR) is 81.2 cm³/mol. The Morgan fingerprint density at radius 2 is 2.00 bits per heavy atom. The van der Waals surface area contributed by atoms with Crippen molar-refractivity contribution in [1.29, 1.82) is 0 Å². The normalized spacial score (nSPS) is 10.1. The molecule has 2 aromatic rings. The van der Waals surface area contributed by atoms with Gasteiger partial charge < -0.3 is 15.8 Å². The van der Waals surface area contributed by atoms with Gasteiger partial charge in [-0.25, -0.2) is 0 Å². The highest BCUT2D eigenvalue weighted by atomic mass is 16.5. The number of carbonyl (C=O) groups is 1. The summed E-state index contributed by atoms with van der Waals surface area (Å²) in [6.07, 6.45) is 0. The summed E-state index contributed by atoms with van der Waals surface area (Å²) in [7, 11) is 0. The maximum atomic E-state index is 12.3. The van der Waals surface area contributed by atoms with Gasteiger partial charge in [-0.1, -0.05) is 18.2 Å². The van der Waals surface area contributed by atoms with E-state index in [0.29, 0.717) is 29.3 Å². The number of benzene rings is 2. The van der Waals surface area contributed by atoms with Gasteiger partial charge in [-0.2, -0.15) is 0 Å². The minimum absolute atomic E-state index is 0.211. The van der Waals surface area contributed by atoms with E-state index in [4.69, 9.17) is 10.5 Å². The molecule has 0 aromatic heterocycles. The van der Waals surface area contributed by atoms with E-state index in [-0.39, 0.29) is 5.91 Å². The third-order valence-corrected chi connectivity index (χ3v) is 2.97. The molecule has 0 heterocycles. The van der Waals surface area contributed by atoms with Crippen LogP contribution in [0.2, 0.25) is 0 Å². The van der Waals surface area contributed by atoms with Crippen molar-refractivity contribution in [3.8, 4) is 5.75 Å². The number of hydrogen-bond donors (Lipinski definition) is 2. The number of rotatable bonds is 4. The van der Waals surface area contributed by atoms with Gasteiger partial charge in [-0.3, -0.25) is 4.79 Å². The summed E-state index contributed by atoms with van der Waals surface area (Å²) in [5, 5.41) is 2.83. The second kappa shape index (κ2) is 6.10. The summed E-state index contributed by atoms with van der Waals surface area (Å²) >= 11 is 0. The Morgan fingerprint density at radius 3 is 2.70 bits per heavy atom. The first kappa shape index (κ1) is 13.9. The summed E-state index contributed by atoms with van der Waals surface area (Å²) in [4.78, 5) is 12.3. The van der Waals surface area contributed by atoms with Crippen LogP contribution in [0.3, 0.4) is 0 Å². The molecule has 0 bridgehead atoms. The Bertz CT molecular complexity index is 624. The van der Waals surface area contributed by atoms with Crippen LogP contribution in [-0.2, 0) is 0 Å². The molecule has 0 spiro atoms. The Labute approximate surface area is 118 Å². The molecule has 4 nitrogen and oxygen atoms in total. The monoisotopic (exact) mass is 270 g/mol. The van der Waals surface area contributed by atoms with Crippen molar-refractivity contribution in [2.45, 2.75) is 13.8 Å². The maximum absolute atomic E-state index is 12.3. The highest BCUT2D eigenvalue weighted by Crippen LogP contribution is 2.21. The second-order valence-corrected chi connectivity index (χ2v) is 4.45. The molecule has 104 valence electrons. The minimum atomic E-state index is -0.211. The predicted octanol–water partition coefficient (Wildman–Crippen LogP) is 3.23. The smallest absolute Gasteiger partial charge is 0.259 e. The van der Waals surface area contributed by atoms with Crippen LogP contribution in [0.1, 0.15) is 22.8 Å². The van der Waals surface area contributed by atoms with Crippen molar-refractivity contribution in [2.75, 3.05) is 17.7 Å². The maximum Gasteiger partial charge on any atom is 0.259 e. The molecule has 0 fully saturated rings. The van der Waals surface area contributed by atoms with Crippen LogP contribution in [0.4, 0.5) is 11.4 Å². The summed E-state index contributed by atoms with van der Waals surface area (Å²) in [6, 6.07) is 12.6. The van der Waals surface area contributed by atoms with Gasteiger partial charge in [0.25, 0.3) is 5.91 Å². The lowest BCUT2D eigenvalue weighted by Gasteiger charge is -2.11. The van der Waals surface area contributed by atoms with E-state index < -0.39 is 0 Å². The Balaban J connectivity index is 2.21. The molecule has 0 aliphatic rings. The van der Waals surface area contributed by atoms with Gasteiger partial charge in [0, 0.05) is 11.4 Å². The van der Waals surface area contributed by atoms with Crippen molar-refractivity contribution >= 4 is 17.3 Å². The number of amides is 1. The molecular weight excluding hydrogens is 252 g/mol. The van der Waals surface area contributed by atoms with Crippen LogP contribution >= 0.6 is 0 Å². The summed E-state index contributed by atoms with van der Waals surface area (Å²) in [6.45, 7) is 4.32. The van der Waals surface area contributed by atoms with E-state index in [9.17, 15) is 4.79 Å². The third kappa shape index (κ3) is 3.09. The quantitative estimate of drug-likeness (QED) is 0.838. The van der Waals surface area contributed by atoms with Gasteiger partial charge in [-0.05, 0) is 43.7 Å². The third-order valence-electron chi connectivity index (χ3n) is 2.97. The van der Waals surface area contributed by atoms with Gasteiger partial charge in [0.1, 0.15) is 5.75 Å². The molecule has 1 amide bonds. The average molecular weight is 270 g/mol. The van der Waals surface area contributed by atoms with Gasteiger partial charge >= 0.3 is 0 Å². The van der Waals surface area contributed by atoms with Crippen molar-refractivity contribution in [1.82, 2.24) is 0 Å². The largest absolute Gasteiger partial charge is 0.493 e. The fraction of sp³-hybridized carbons (Fsp3) is 0.188. The summed E-state index contributed by atoms with van der Waals surface area (Å²) in [5.41, 5.74) is 8.65. The number of nitrogens with two attached hydrogens (primary N) is 1. The van der Waals surface area contributed by atoms with E-state index >= 15 is 0 Å². The lowest BCUT2D eigenvalue weighted by molar-refractivity contribution is 0.102. The average Bonchev–Trinajstić information content (AvgIpc) is 2.44. The molecule has 0 radical (unpaired) electrons. The summed E-state index contributed by atoms with van der Waals surface area (Å²) < 4.78 is 5.45. The van der Waals surface area contributed by atoms with Crippen molar-refractivity contribution in [2.24, 2.45) is 0 Å². The number of aryl methyl sites for hydroxylation is 1. The molecule has 2 aromatic carbocycles. The molecule has 0 unspecified atom stereocenters. The van der Waals surface area contributed by atoms with Crippen LogP contribution in [0.25, 0.3) is 0 Å². The number of anilines is 2. The Morgan fingerprint density at radius 1 is 1.25 bits per heavy atom. The topological polar surface area (TPSA) is 64.3 Å². The Hall–Kier alpha value is -2.49. The molecule has 2 rings (SSSR count). The lowest BCUT2D eigenvalue weighted by Crippen LogP contribution is -2.13. The fourth-order valence-electron chi connectivity index (χ4n) is 1.85. The zero-order valence-corrected chi connectivity index (χ0v) is 11.6. The van der Waals surface area contributed by atoms with Gasteiger partial charge in [0.2, 0.25) is 0 Å². The molecule has 0 saturated heterocycles. The molecule has 4 heteroatoms. The van der Waals surface area contributed by atoms with Crippen LogP contribution in [-0.4, -0.2) is 12.5 Å². The number of para-hydroxylation sites is 1. The fourth-order valence-corrected chi connectivity index (χ4v) is 1.85. The zero-order valence-electron chi connectivity index (χ0n) is 11.6. The number of hydrogen-bond acceptors (Lipinski definition) is 3. The first-order valence-electron chi connectivity index (χ1n) is 6.51. The summed E-state index contributed by atoms with van der Waals surface area (Å²) in [5.74, 6) is 0.366. The first-order chi connectivity index (χ1) is 9.61. The van der Waals surface area contributed by atoms with Crippen molar-refractivity contribution in [3.05, 3.63) is 53.6 Å². The number of nitrogens with one attached hydrogen (secondary N) is 1. The number of nitrogen functional groups attached to an aromatic ring is 1. The van der Waals surface area contributed by atoms with Crippen molar-refractivity contribution in [3.63, 3.8) is 0 Å². The van der Waals surface area contributed by atoms with E-state index in [2.05, 4.69) is 5.32 Å². The Kier molecular flexibility index (Phi) is 4.25. The zero-order chi connectivity index (χ0) is 14.5. The van der Waals surface area contributed by atoms with Gasteiger partial charge in [-0.15, -0.1) is 0 Å². The minimum Gasteiger partial charge on any atom is -0.493 e. The van der Waals surface area contributed by atoms with E-state index in [1.54, 1.807) is 24.3 Å². The van der Waals surface area contributed by atoms with E-state index in [1.807, 2.05) is 32.0 Å². The van der Waals surface area contributed by atoms with Crippen LogP contribution in [0, 0.1) is 6.92 Å². The molecule has 0 aliphatic heterocycles. The number of carbonyl (C=O) groups excluding carboxylic acids is 1. The van der Waals surface area contributed by atoms with Crippen LogP contribution < -0.4 is 15.8 Å². The first-order valence-corrected chi connectivity index (χ1v) is 6.51. The molecule has 0 atom stereocenters. The van der Waals surface area contributed by atoms with Gasteiger partial charge in [0.15, 0.2) is 0 Å². The number of ether oxygens (including phenoxy) is 1. The van der Waals surface area contributed by atoms with Crippen LogP contribution in [0.5, 0.6) is 5.75 Å². The van der Waals surface area contributed by atoms with Crippen LogP contribution in [0.15, 0.2) is 42.5 Å². The molecule has 20 heavy (non-hydrogen) atoms. The van der Waals surface area contributed by atoms with E-state index in [1.165, 1.54) is 0 Å². The van der Waals surface area contributed by atoms with E-state index in [0.717, 1.165) is 5.56 Å².